The van der Waals surface area contributed by atoms with Crippen molar-refractivity contribution < 1.29 is 22.6 Å². The Bertz CT molecular complexity index is 1230. The van der Waals surface area contributed by atoms with Crippen LogP contribution >= 0.6 is 0 Å². The zero-order valence-electron chi connectivity index (χ0n) is 21.6. The number of piperidine rings is 1. The van der Waals surface area contributed by atoms with E-state index in [1.54, 1.807) is 20.2 Å². The van der Waals surface area contributed by atoms with E-state index in [1.165, 1.54) is 5.56 Å². The highest BCUT2D eigenvalue weighted by molar-refractivity contribution is 6.16. The maximum atomic E-state index is 13.6. The Hall–Kier alpha value is -3.21. The molecule has 2 aromatic rings. The Morgan fingerprint density at radius 3 is 2.71 bits per heavy atom. The molecule has 10 heteroatoms. The van der Waals surface area contributed by atoms with Gasteiger partial charge in [0.2, 0.25) is 0 Å². The van der Waals surface area contributed by atoms with E-state index >= 15 is 0 Å². The quantitative estimate of drug-likeness (QED) is 0.348. The molecule has 7 nitrogen and oxygen atoms in total. The lowest BCUT2D eigenvalue weighted by atomic mass is 9.97. The zero-order valence-corrected chi connectivity index (χ0v) is 21.6. The maximum absolute atomic E-state index is 13.6. The number of allylic oxidation sites excluding steroid dienone is 1. The number of hydrogen-bond acceptors (Lipinski definition) is 7. The normalized spacial score (nSPS) is 20.3. The van der Waals surface area contributed by atoms with Crippen LogP contribution in [0.3, 0.4) is 0 Å². The van der Waals surface area contributed by atoms with Crippen LogP contribution in [0.4, 0.5) is 13.2 Å². The lowest BCUT2D eigenvalue weighted by Crippen LogP contribution is -2.52. The number of aryl methyl sites for hydroxylation is 1. The van der Waals surface area contributed by atoms with Crippen molar-refractivity contribution >= 4 is 12.1 Å². The highest BCUT2D eigenvalue weighted by atomic mass is 19.4. The number of nitrogens with zero attached hydrogens (tertiary/aromatic N) is 5. The third-order valence-electron chi connectivity index (χ3n) is 7.07. The van der Waals surface area contributed by atoms with Gasteiger partial charge in [0.05, 0.1) is 11.3 Å². The smallest absolute Gasteiger partial charge is 0.416 e. The summed E-state index contributed by atoms with van der Waals surface area (Å²) in [6.45, 7) is 7.18. The van der Waals surface area contributed by atoms with Gasteiger partial charge in [-0.05, 0) is 62.6 Å². The van der Waals surface area contributed by atoms with Gasteiger partial charge in [0, 0.05) is 37.8 Å². The van der Waals surface area contributed by atoms with Crippen molar-refractivity contribution in [3.63, 3.8) is 0 Å². The van der Waals surface area contributed by atoms with Gasteiger partial charge in [0.25, 0.3) is 0 Å². The van der Waals surface area contributed by atoms with Crippen molar-refractivity contribution in [1.29, 1.82) is 0 Å². The average Bonchev–Trinajstić information content (AvgIpc) is 3.34. The molecular weight excluding hydrogens is 495 g/mol. The van der Waals surface area contributed by atoms with E-state index in [0.717, 1.165) is 50.3 Å². The summed E-state index contributed by atoms with van der Waals surface area (Å²) >= 11 is 0. The summed E-state index contributed by atoms with van der Waals surface area (Å²) in [4.78, 5) is 2.47. The van der Waals surface area contributed by atoms with Gasteiger partial charge < -0.3 is 9.47 Å². The van der Waals surface area contributed by atoms with Crippen LogP contribution in [-0.4, -0.2) is 66.0 Å². The molecular formula is C28H32F3N5O2. The lowest BCUT2D eigenvalue weighted by molar-refractivity contribution is -0.137. The summed E-state index contributed by atoms with van der Waals surface area (Å²) in [5, 5.41) is 12.9. The van der Waals surface area contributed by atoms with E-state index in [-0.39, 0.29) is 18.6 Å². The SMILES string of the molecule is CCOCOc1cc(C(F)(F)F)cc(C)c1C1=NN=CN2C1=CCN2[C@@H]1CCCN(Cc2ccccc2)C1. The fourth-order valence-electron chi connectivity index (χ4n) is 5.30. The molecule has 0 aliphatic carbocycles. The summed E-state index contributed by atoms with van der Waals surface area (Å²) in [5.74, 6) is 0.0765. The van der Waals surface area contributed by atoms with Crippen molar-refractivity contribution in [3.05, 3.63) is 76.5 Å². The van der Waals surface area contributed by atoms with Gasteiger partial charge in [0.15, 0.2) is 6.79 Å². The van der Waals surface area contributed by atoms with Crippen LogP contribution in [0.2, 0.25) is 0 Å². The first-order valence-corrected chi connectivity index (χ1v) is 12.9. The largest absolute Gasteiger partial charge is 0.467 e. The van der Waals surface area contributed by atoms with E-state index in [4.69, 9.17) is 9.47 Å². The summed E-state index contributed by atoms with van der Waals surface area (Å²) in [5.41, 5.74) is 2.70. The van der Waals surface area contributed by atoms with Crippen LogP contribution in [0.1, 0.15) is 42.0 Å². The van der Waals surface area contributed by atoms with Gasteiger partial charge in [-0.3, -0.25) is 9.91 Å². The first-order valence-electron chi connectivity index (χ1n) is 12.9. The summed E-state index contributed by atoms with van der Waals surface area (Å²) in [6, 6.07) is 12.9. The first-order chi connectivity index (χ1) is 18.3. The molecule has 0 radical (unpaired) electrons. The Balaban J connectivity index is 1.37. The highest BCUT2D eigenvalue weighted by Gasteiger charge is 2.38. The number of benzene rings is 2. The summed E-state index contributed by atoms with van der Waals surface area (Å²) < 4.78 is 51.7. The fourth-order valence-corrected chi connectivity index (χ4v) is 5.30. The molecule has 38 heavy (non-hydrogen) atoms. The van der Waals surface area contributed by atoms with Gasteiger partial charge in [0.1, 0.15) is 17.8 Å². The molecule has 5 rings (SSSR count). The van der Waals surface area contributed by atoms with Crippen molar-refractivity contribution in [2.45, 2.75) is 45.5 Å². The van der Waals surface area contributed by atoms with Crippen LogP contribution < -0.4 is 4.74 Å². The van der Waals surface area contributed by atoms with Crippen molar-refractivity contribution in [2.24, 2.45) is 10.2 Å². The molecule has 0 saturated carbocycles. The predicted molar refractivity (Wildman–Crippen MR) is 140 cm³/mol. The van der Waals surface area contributed by atoms with Gasteiger partial charge in [-0.15, -0.1) is 10.2 Å². The van der Waals surface area contributed by atoms with Gasteiger partial charge in [-0.25, -0.2) is 5.01 Å². The molecule has 0 spiro atoms. The Kier molecular flexibility index (Phi) is 7.83. The van der Waals surface area contributed by atoms with Gasteiger partial charge in [-0.2, -0.15) is 13.2 Å². The molecule has 2 aromatic carbocycles. The molecule has 1 atom stereocenters. The van der Waals surface area contributed by atoms with Crippen molar-refractivity contribution in [3.8, 4) is 5.75 Å². The van der Waals surface area contributed by atoms with Crippen molar-refractivity contribution in [2.75, 3.05) is 33.0 Å². The highest BCUT2D eigenvalue weighted by Crippen LogP contribution is 2.38. The minimum absolute atomic E-state index is 0.0765. The van der Waals surface area contributed by atoms with E-state index in [1.807, 2.05) is 11.1 Å². The minimum Gasteiger partial charge on any atom is -0.467 e. The maximum Gasteiger partial charge on any atom is 0.416 e. The van der Waals surface area contributed by atoms with Crippen LogP contribution in [0.25, 0.3) is 0 Å². The number of alkyl halides is 3. The van der Waals surface area contributed by atoms with Crippen LogP contribution in [0.15, 0.2) is 64.4 Å². The van der Waals surface area contributed by atoms with Crippen molar-refractivity contribution in [1.82, 2.24) is 14.9 Å². The molecule has 3 heterocycles. The molecule has 0 bridgehead atoms. The predicted octanol–water partition coefficient (Wildman–Crippen LogP) is 5.21. The second-order valence-corrected chi connectivity index (χ2v) is 9.67. The molecule has 1 fully saturated rings. The Morgan fingerprint density at radius 2 is 1.95 bits per heavy atom. The number of ether oxygens (including phenoxy) is 2. The standard InChI is InChI=1S/C28H32F3N5O2/c1-3-37-19-38-25-15-22(28(29,30)31)14-20(2)26(25)27-24-11-13-35(36(24)18-32-33-27)23-10-7-12-34(17-23)16-21-8-5-4-6-9-21/h4-6,8-9,11,14-15,18,23H,3,7,10,12-13,16-17,19H2,1-2H3/t23-/m1/s1. The number of likely N-dealkylation sites (tertiary alicyclic amines) is 1. The molecule has 1 saturated heterocycles. The molecule has 0 N–H and O–H groups in total. The zero-order chi connectivity index (χ0) is 26.7. The van der Waals surface area contributed by atoms with E-state index < -0.39 is 11.7 Å². The lowest BCUT2D eigenvalue weighted by Gasteiger charge is -2.41. The second kappa shape index (κ2) is 11.3. The Labute approximate surface area is 220 Å². The number of halogens is 3. The van der Waals surface area contributed by atoms with Gasteiger partial charge >= 0.3 is 6.18 Å². The summed E-state index contributed by atoms with van der Waals surface area (Å²) in [6.07, 6.45) is 1.37. The minimum atomic E-state index is -4.50. The number of hydrogen-bond donors (Lipinski definition) is 0. The van der Waals surface area contributed by atoms with Gasteiger partial charge in [-0.1, -0.05) is 30.3 Å². The fraction of sp³-hybridized carbons (Fsp3) is 0.429. The first kappa shape index (κ1) is 26.4. The number of rotatable bonds is 8. The number of hydrazine groups is 1. The van der Waals surface area contributed by atoms with Crippen LogP contribution in [-0.2, 0) is 17.5 Å². The van der Waals surface area contributed by atoms with Crippen LogP contribution in [0.5, 0.6) is 5.75 Å². The second-order valence-electron chi connectivity index (χ2n) is 9.67. The third kappa shape index (κ3) is 5.62. The topological polar surface area (TPSA) is 52.9 Å². The monoisotopic (exact) mass is 527 g/mol. The molecule has 202 valence electrons. The average molecular weight is 528 g/mol. The van der Waals surface area contributed by atoms with E-state index in [0.29, 0.717) is 30.0 Å². The van der Waals surface area contributed by atoms with E-state index in [9.17, 15) is 13.2 Å². The molecule has 0 amide bonds. The molecule has 0 aromatic heterocycles. The Morgan fingerprint density at radius 1 is 1.13 bits per heavy atom. The van der Waals surface area contributed by atoms with Crippen LogP contribution in [0, 0.1) is 6.92 Å². The molecule has 3 aliphatic heterocycles. The number of fused-ring (bicyclic) bond motifs is 1. The summed E-state index contributed by atoms with van der Waals surface area (Å²) in [7, 11) is 0. The third-order valence-corrected chi connectivity index (χ3v) is 7.07. The molecule has 0 unspecified atom stereocenters. The molecule has 3 aliphatic rings. The van der Waals surface area contributed by atoms with E-state index in [2.05, 4.69) is 50.5 Å².